The van der Waals surface area contributed by atoms with Gasteiger partial charge in [-0.05, 0) is 89.5 Å². The van der Waals surface area contributed by atoms with E-state index >= 15 is 0 Å². The molecule has 392 valence electrons. The minimum Gasteiger partial charge on any atom is -0.497 e. The van der Waals surface area contributed by atoms with E-state index in [-0.39, 0.29) is 30.5 Å². The van der Waals surface area contributed by atoms with Crippen LogP contribution in [0.2, 0.25) is 42.3 Å². The SMILES string of the molecule is CC[C@H](/C=C/[C@@H]1O[C@H](c2ccccc2)O[C@H](CO[Si](C(C)C)(C(C)C)C(C)C)[C@H]1OCOCC[Si](C)(C)C)OC(=O)[C@H](CCCCOCc1ccc(OC)cc1)C[C@H](C)[C@@H](C)COCc1ccccc1. The Kier molecular flexibility index (Phi) is 26.1. The zero-order chi connectivity index (χ0) is 51.1. The van der Waals surface area contributed by atoms with Gasteiger partial charge in [-0.15, -0.1) is 0 Å². The van der Waals surface area contributed by atoms with Gasteiger partial charge in [0.25, 0.3) is 0 Å². The van der Waals surface area contributed by atoms with Crippen LogP contribution in [0.5, 0.6) is 5.75 Å². The largest absolute Gasteiger partial charge is 0.497 e. The molecule has 0 bridgehead atoms. The van der Waals surface area contributed by atoms with Crippen molar-refractivity contribution >= 4 is 22.4 Å². The minimum atomic E-state index is -2.27. The summed E-state index contributed by atoms with van der Waals surface area (Å²) >= 11 is 0. The van der Waals surface area contributed by atoms with E-state index in [1.54, 1.807) is 7.11 Å². The molecule has 10 nitrogen and oxygen atoms in total. The van der Waals surface area contributed by atoms with Gasteiger partial charge in [0.05, 0.1) is 32.8 Å². The molecule has 0 unspecified atom stereocenters. The van der Waals surface area contributed by atoms with E-state index in [1.165, 1.54) is 0 Å². The van der Waals surface area contributed by atoms with Gasteiger partial charge in [0, 0.05) is 33.5 Å². The standard InChI is InChI=1S/C58H92O10Si2/c1-14-52(66-57(59)51(27-21-22-34-61-39-49-28-30-53(60-10)31-29-49)37-46(8)47(9)38-63-40-48-23-17-15-18-24-48)32-33-54-56(64-42-62-35-36-69(11,12)13)55(68-58(67-54)50-25-19-16-20-26-50)41-65-70(43(2)3,44(4)5)45(6)7/h15-20,23-26,28-33,43-47,51-52,54-56,58H,14,21-22,27,34-42H2,1-13H3/b33-32+/t46-,47-,51+,52+,54-,55+,56-,58-/m0/s1. The third-order valence-corrected chi connectivity index (χ3v) is 21.8. The summed E-state index contributed by atoms with van der Waals surface area (Å²) in [5, 5.41) is 0. The van der Waals surface area contributed by atoms with Crippen LogP contribution in [0.25, 0.3) is 0 Å². The number of hydrogen-bond donors (Lipinski definition) is 0. The van der Waals surface area contributed by atoms with Gasteiger partial charge in [-0.3, -0.25) is 4.79 Å². The summed E-state index contributed by atoms with van der Waals surface area (Å²) < 4.78 is 57.6. The Hall–Kier alpha value is -3.18. The molecule has 12 heteroatoms. The van der Waals surface area contributed by atoms with E-state index in [4.69, 9.17) is 42.3 Å². The molecule has 1 aliphatic heterocycles. The summed E-state index contributed by atoms with van der Waals surface area (Å²) in [6.07, 6.45) is 5.02. The number of benzene rings is 3. The second-order valence-corrected chi connectivity index (χ2v) is 32.7. The fourth-order valence-electron chi connectivity index (χ4n) is 9.61. The fourth-order valence-corrected chi connectivity index (χ4v) is 15.8. The van der Waals surface area contributed by atoms with Crippen molar-refractivity contribution in [1.82, 2.24) is 0 Å². The summed E-state index contributed by atoms with van der Waals surface area (Å²) in [4.78, 5) is 14.4. The average Bonchev–Trinajstić information content (AvgIpc) is 3.33. The molecule has 1 saturated heterocycles. The topological polar surface area (TPSA) is 100 Å². The molecule has 0 amide bonds. The van der Waals surface area contributed by atoms with E-state index in [0.29, 0.717) is 75.5 Å². The predicted molar refractivity (Wildman–Crippen MR) is 288 cm³/mol. The second kappa shape index (κ2) is 30.8. The molecule has 0 aromatic heterocycles. The Morgan fingerprint density at radius 2 is 1.36 bits per heavy atom. The van der Waals surface area contributed by atoms with Crippen molar-refractivity contribution in [3.63, 3.8) is 0 Å². The number of unbranched alkanes of at least 4 members (excludes halogenated alkanes) is 1. The summed E-state index contributed by atoms with van der Waals surface area (Å²) in [6.45, 7) is 30.7. The van der Waals surface area contributed by atoms with Gasteiger partial charge >= 0.3 is 5.97 Å². The Morgan fingerprint density at radius 3 is 1.97 bits per heavy atom. The molecule has 0 N–H and O–H groups in total. The normalized spacial score (nSPS) is 19.7. The van der Waals surface area contributed by atoms with E-state index in [2.05, 4.69) is 94.1 Å². The quantitative estimate of drug-likeness (QED) is 0.0193. The smallest absolute Gasteiger partial charge is 0.309 e. The van der Waals surface area contributed by atoms with Crippen LogP contribution in [0, 0.1) is 17.8 Å². The van der Waals surface area contributed by atoms with Crippen molar-refractivity contribution < 1.29 is 47.1 Å². The fraction of sp³-hybridized carbons (Fsp3) is 0.638. The molecule has 70 heavy (non-hydrogen) atoms. The van der Waals surface area contributed by atoms with Gasteiger partial charge in [-0.25, -0.2) is 0 Å². The first-order valence-electron chi connectivity index (χ1n) is 26.4. The third-order valence-electron chi connectivity index (χ3n) is 14.0. The molecular weight excluding hydrogens is 913 g/mol. The second-order valence-electron chi connectivity index (χ2n) is 21.7. The number of hydrogen-bond acceptors (Lipinski definition) is 10. The van der Waals surface area contributed by atoms with Crippen LogP contribution in [-0.2, 0) is 55.6 Å². The zero-order valence-corrected chi connectivity index (χ0v) is 47.4. The number of carbonyl (C=O) groups is 1. The summed E-state index contributed by atoms with van der Waals surface area (Å²) in [5.41, 5.74) is 4.37. The highest BCUT2D eigenvalue weighted by atomic mass is 28.4. The highest BCUT2D eigenvalue weighted by Gasteiger charge is 2.48. The molecule has 4 rings (SSSR count). The van der Waals surface area contributed by atoms with Crippen LogP contribution in [0.15, 0.2) is 97.1 Å². The van der Waals surface area contributed by atoms with E-state index < -0.39 is 47.1 Å². The first kappa shape index (κ1) is 59.4. The van der Waals surface area contributed by atoms with Crippen molar-refractivity contribution in [2.75, 3.05) is 40.3 Å². The van der Waals surface area contributed by atoms with Crippen LogP contribution >= 0.6 is 0 Å². The molecule has 1 aliphatic rings. The van der Waals surface area contributed by atoms with E-state index in [9.17, 15) is 4.79 Å². The zero-order valence-electron chi connectivity index (χ0n) is 45.4. The van der Waals surface area contributed by atoms with Gasteiger partial charge in [0.15, 0.2) is 14.6 Å². The van der Waals surface area contributed by atoms with Gasteiger partial charge in [-0.2, -0.15) is 0 Å². The number of ether oxygens (including phenoxy) is 8. The van der Waals surface area contributed by atoms with Crippen LogP contribution in [0.4, 0.5) is 0 Å². The lowest BCUT2D eigenvalue weighted by molar-refractivity contribution is -0.300. The van der Waals surface area contributed by atoms with Crippen molar-refractivity contribution in [2.24, 2.45) is 17.8 Å². The highest BCUT2D eigenvalue weighted by Crippen LogP contribution is 2.43. The number of carbonyl (C=O) groups excluding carboxylic acids is 1. The molecule has 0 radical (unpaired) electrons. The molecule has 0 aliphatic carbocycles. The van der Waals surface area contributed by atoms with Gasteiger partial charge < -0.3 is 42.3 Å². The maximum Gasteiger partial charge on any atom is 0.309 e. The van der Waals surface area contributed by atoms with Crippen LogP contribution in [0.1, 0.15) is 117 Å². The Bertz CT molecular complexity index is 1870. The first-order valence-corrected chi connectivity index (χ1v) is 32.2. The Morgan fingerprint density at radius 1 is 0.729 bits per heavy atom. The number of rotatable bonds is 33. The maximum absolute atomic E-state index is 14.4. The molecule has 1 heterocycles. The van der Waals surface area contributed by atoms with Crippen molar-refractivity contribution in [2.45, 2.75) is 181 Å². The van der Waals surface area contributed by atoms with Gasteiger partial charge in [0.1, 0.15) is 37.0 Å². The average molecular weight is 1010 g/mol. The maximum atomic E-state index is 14.4. The monoisotopic (exact) mass is 1000 g/mol. The molecule has 1 fully saturated rings. The number of methoxy groups -OCH3 is 1. The summed E-state index contributed by atoms with van der Waals surface area (Å²) in [7, 11) is -1.91. The van der Waals surface area contributed by atoms with Crippen LogP contribution in [0.3, 0.4) is 0 Å². The molecule has 3 aromatic rings. The van der Waals surface area contributed by atoms with Crippen LogP contribution < -0.4 is 4.74 Å². The highest BCUT2D eigenvalue weighted by molar-refractivity contribution is 6.77. The van der Waals surface area contributed by atoms with Crippen LogP contribution in [-0.4, -0.2) is 87.1 Å². The molecule has 0 saturated carbocycles. The first-order chi connectivity index (χ1) is 33.5. The van der Waals surface area contributed by atoms with Crippen molar-refractivity contribution in [3.05, 3.63) is 114 Å². The summed E-state index contributed by atoms with van der Waals surface area (Å²) in [5.74, 6) is 0.846. The third kappa shape index (κ3) is 19.7. The lowest BCUT2D eigenvalue weighted by Crippen LogP contribution is -2.54. The lowest BCUT2D eigenvalue weighted by Gasteiger charge is -2.46. The number of esters is 1. The van der Waals surface area contributed by atoms with Gasteiger partial charge in [-0.1, -0.05) is 167 Å². The van der Waals surface area contributed by atoms with Gasteiger partial charge in [0.2, 0.25) is 0 Å². The molecular formula is C58H92O10Si2. The Labute approximate surface area is 426 Å². The lowest BCUT2D eigenvalue weighted by atomic mass is 9.85. The molecule has 0 spiro atoms. The van der Waals surface area contributed by atoms with E-state index in [0.717, 1.165) is 41.3 Å². The van der Waals surface area contributed by atoms with Crippen molar-refractivity contribution in [1.29, 1.82) is 0 Å². The van der Waals surface area contributed by atoms with E-state index in [1.807, 2.05) is 84.9 Å². The minimum absolute atomic E-state index is 0.105. The predicted octanol–water partition coefficient (Wildman–Crippen LogP) is 14.1. The summed E-state index contributed by atoms with van der Waals surface area (Å²) in [6, 6.07) is 29.3. The molecule has 3 aromatic carbocycles. The Balaban J connectivity index is 1.53. The van der Waals surface area contributed by atoms with Crippen molar-refractivity contribution in [3.8, 4) is 5.75 Å². The molecule has 8 atom stereocenters.